The molecule has 0 spiro atoms. The molecule has 0 aliphatic heterocycles. The molecule has 0 heterocycles. The minimum atomic E-state index is 0.226. The molecule has 102 valence electrons. The van der Waals surface area contributed by atoms with Gasteiger partial charge in [0.2, 0.25) is 0 Å². The van der Waals surface area contributed by atoms with E-state index in [0.717, 1.165) is 18.7 Å². The second kappa shape index (κ2) is 8.44. The summed E-state index contributed by atoms with van der Waals surface area (Å²) in [5.41, 5.74) is 1.32. The summed E-state index contributed by atoms with van der Waals surface area (Å²) >= 11 is 1.89. The predicted octanol–water partition coefficient (Wildman–Crippen LogP) is 3.88. The fraction of sp³-hybridized carbons (Fsp3) is 0.600. The quantitative estimate of drug-likeness (QED) is 0.772. The van der Waals surface area contributed by atoms with Crippen LogP contribution in [0.1, 0.15) is 38.8 Å². The molecular formula is C15H25NOS. The SMILES string of the molecule is CCNC(CCSC)c1cccc(OC(C)C)c1. The lowest BCUT2D eigenvalue weighted by Crippen LogP contribution is -2.21. The Morgan fingerprint density at radius 1 is 1.33 bits per heavy atom. The Kier molecular flexibility index (Phi) is 7.21. The summed E-state index contributed by atoms with van der Waals surface area (Å²) in [6.45, 7) is 7.26. The molecule has 1 aromatic rings. The van der Waals surface area contributed by atoms with Gasteiger partial charge in [0, 0.05) is 6.04 Å². The van der Waals surface area contributed by atoms with Gasteiger partial charge in [0.25, 0.3) is 0 Å². The number of ether oxygens (including phenoxy) is 1. The van der Waals surface area contributed by atoms with Gasteiger partial charge in [0.15, 0.2) is 0 Å². The summed E-state index contributed by atoms with van der Waals surface area (Å²) in [6.07, 6.45) is 3.53. The van der Waals surface area contributed by atoms with E-state index in [-0.39, 0.29) is 6.10 Å². The van der Waals surface area contributed by atoms with Crippen LogP contribution in [0.3, 0.4) is 0 Å². The fourth-order valence-corrected chi connectivity index (χ4v) is 2.42. The molecule has 18 heavy (non-hydrogen) atoms. The van der Waals surface area contributed by atoms with Gasteiger partial charge in [0.05, 0.1) is 6.10 Å². The van der Waals surface area contributed by atoms with Gasteiger partial charge in [-0.1, -0.05) is 19.1 Å². The van der Waals surface area contributed by atoms with Crippen molar-refractivity contribution in [3.8, 4) is 5.75 Å². The standard InChI is InChI=1S/C15H25NOS/c1-5-16-15(9-10-18-4)13-7-6-8-14(11-13)17-12(2)3/h6-8,11-12,15-16H,5,9-10H2,1-4H3. The minimum absolute atomic E-state index is 0.226. The van der Waals surface area contributed by atoms with E-state index in [1.54, 1.807) is 0 Å². The largest absolute Gasteiger partial charge is 0.491 e. The van der Waals surface area contributed by atoms with Gasteiger partial charge in [-0.3, -0.25) is 0 Å². The molecule has 0 bridgehead atoms. The van der Waals surface area contributed by atoms with Crippen molar-refractivity contribution in [2.24, 2.45) is 0 Å². The van der Waals surface area contributed by atoms with Crippen molar-refractivity contribution in [2.45, 2.75) is 39.3 Å². The van der Waals surface area contributed by atoms with Crippen molar-refractivity contribution >= 4 is 11.8 Å². The Hall–Kier alpha value is -0.670. The lowest BCUT2D eigenvalue weighted by molar-refractivity contribution is 0.242. The van der Waals surface area contributed by atoms with Gasteiger partial charge >= 0.3 is 0 Å². The fourth-order valence-electron chi connectivity index (χ4n) is 1.95. The van der Waals surface area contributed by atoms with Gasteiger partial charge in [-0.05, 0) is 56.5 Å². The Bertz CT molecular complexity index is 341. The Balaban J connectivity index is 2.76. The Morgan fingerprint density at radius 2 is 2.11 bits per heavy atom. The van der Waals surface area contributed by atoms with E-state index in [0.29, 0.717) is 6.04 Å². The second-order valence-electron chi connectivity index (χ2n) is 4.63. The number of hydrogen-bond donors (Lipinski definition) is 1. The topological polar surface area (TPSA) is 21.3 Å². The lowest BCUT2D eigenvalue weighted by atomic mass is 10.0. The van der Waals surface area contributed by atoms with Crippen LogP contribution in [0.2, 0.25) is 0 Å². The molecule has 0 aliphatic carbocycles. The lowest BCUT2D eigenvalue weighted by Gasteiger charge is -2.19. The molecule has 0 saturated carbocycles. The van der Waals surface area contributed by atoms with E-state index in [9.17, 15) is 0 Å². The molecule has 0 radical (unpaired) electrons. The number of benzene rings is 1. The van der Waals surface area contributed by atoms with E-state index in [4.69, 9.17) is 4.74 Å². The minimum Gasteiger partial charge on any atom is -0.491 e. The summed E-state index contributed by atoms with van der Waals surface area (Å²) < 4.78 is 5.75. The van der Waals surface area contributed by atoms with Crippen molar-refractivity contribution < 1.29 is 4.74 Å². The smallest absolute Gasteiger partial charge is 0.120 e. The third-order valence-electron chi connectivity index (χ3n) is 2.69. The van der Waals surface area contributed by atoms with Gasteiger partial charge < -0.3 is 10.1 Å². The molecule has 1 aromatic carbocycles. The molecule has 3 heteroatoms. The van der Waals surface area contributed by atoms with Crippen LogP contribution in [0.5, 0.6) is 5.75 Å². The van der Waals surface area contributed by atoms with Crippen molar-refractivity contribution in [3.63, 3.8) is 0 Å². The Morgan fingerprint density at radius 3 is 2.72 bits per heavy atom. The molecule has 0 aromatic heterocycles. The van der Waals surface area contributed by atoms with Crippen LogP contribution in [0, 0.1) is 0 Å². The molecule has 2 nitrogen and oxygen atoms in total. The van der Waals surface area contributed by atoms with Crippen LogP contribution in [-0.4, -0.2) is 24.7 Å². The molecule has 1 atom stereocenters. The average molecular weight is 267 g/mol. The molecule has 1 unspecified atom stereocenters. The summed E-state index contributed by atoms with van der Waals surface area (Å²) in [4.78, 5) is 0. The van der Waals surface area contributed by atoms with Crippen LogP contribution in [-0.2, 0) is 0 Å². The van der Waals surface area contributed by atoms with Crippen molar-refractivity contribution in [3.05, 3.63) is 29.8 Å². The van der Waals surface area contributed by atoms with Crippen molar-refractivity contribution in [1.82, 2.24) is 5.32 Å². The Labute approximate surface area is 116 Å². The molecular weight excluding hydrogens is 242 g/mol. The van der Waals surface area contributed by atoms with Gasteiger partial charge in [0.1, 0.15) is 5.75 Å². The summed E-state index contributed by atoms with van der Waals surface area (Å²) in [5.74, 6) is 2.14. The average Bonchev–Trinajstić information content (AvgIpc) is 2.34. The number of thioether (sulfide) groups is 1. The van der Waals surface area contributed by atoms with E-state index in [1.807, 2.05) is 17.8 Å². The van der Waals surface area contributed by atoms with Crippen molar-refractivity contribution in [1.29, 1.82) is 0 Å². The molecule has 0 aliphatic rings. The van der Waals surface area contributed by atoms with Crippen LogP contribution in [0.25, 0.3) is 0 Å². The highest BCUT2D eigenvalue weighted by Gasteiger charge is 2.10. The first-order chi connectivity index (χ1) is 8.67. The summed E-state index contributed by atoms with van der Waals surface area (Å²) in [7, 11) is 0. The molecule has 0 saturated heterocycles. The van der Waals surface area contributed by atoms with Gasteiger partial charge in [-0.15, -0.1) is 0 Å². The highest BCUT2D eigenvalue weighted by Crippen LogP contribution is 2.23. The van der Waals surface area contributed by atoms with E-state index in [2.05, 4.69) is 50.5 Å². The zero-order valence-corrected chi connectivity index (χ0v) is 12.7. The zero-order valence-electron chi connectivity index (χ0n) is 11.9. The molecule has 1 rings (SSSR count). The first kappa shape index (κ1) is 15.4. The maximum atomic E-state index is 5.75. The van der Waals surface area contributed by atoms with E-state index >= 15 is 0 Å². The first-order valence-corrected chi connectivity index (χ1v) is 8.05. The monoisotopic (exact) mass is 267 g/mol. The maximum absolute atomic E-state index is 5.75. The van der Waals surface area contributed by atoms with Crippen LogP contribution in [0.15, 0.2) is 24.3 Å². The van der Waals surface area contributed by atoms with Crippen LogP contribution >= 0.6 is 11.8 Å². The zero-order chi connectivity index (χ0) is 13.4. The summed E-state index contributed by atoms with van der Waals surface area (Å²) in [6, 6.07) is 8.88. The van der Waals surface area contributed by atoms with Crippen LogP contribution < -0.4 is 10.1 Å². The van der Waals surface area contributed by atoms with Crippen molar-refractivity contribution in [2.75, 3.05) is 18.6 Å². The van der Waals surface area contributed by atoms with Gasteiger partial charge in [-0.2, -0.15) is 11.8 Å². The number of hydrogen-bond acceptors (Lipinski definition) is 3. The number of nitrogens with one attached hydrogen (secondary N) is 1. The number of rotatable bonds is 8. The molecule has 0 fully saturated rings. The third kappa shape index (κ3) is 5.32. The van der Waals surface area contributed by atoms with Gasteiger partial charge in [-0.25, -0.2) is 0 Å². The van der Waals surface area contributed by atoms with E-state index in [1.165, 1.54) is 11.3 Å². The highest BCUT2D eigenvalue weighted by molar-refractivity contribution is 7.98. The summed E-state index contributed by atoms with van der Waals surface area (Å²) in [5, 5.41) is 3.55. The first-order valence-electron chi connectivity index (χ1n) is 6.66. The normalized spacial score (nSPS) is 12.7. The highest BCUT2D eigenvalue weighted by atomic mass is 32.2. The van der Waals surface area contributed by atoms with Crippen LogP contribution in [0.4, 0.5) is 0 Å². The second-order valence-corrected chi connectivity index (χ2v) is 5.62. The predicted molar refractivity (Wildman–Crippen MR) is 81.6 cm³/mol. The van der Waals surface area contributed by atoms with E-state index < -0.39 is 0 Å². The maximum Gasteiger partial charge on any atom is 0.120 e. The third-order valence-corrected chi connectivity index (χ3v) is 3.34. The molecule has 0 amide bonds. The molecule has 1 N–H and O–H groups in total.